The van der Waals surface area contributed by atoms with Crippen LogP contribution in [0, 0.1) is 10.1 Å². The number of anilines is 1. The molecule has 3 rings (SSSR count). The Bertz CT molecular complexity index is 866. The smallest absolute Gasteiger partial charge is 0.269 e. The van der Waals surface area contributed by atoms with E-state index in [4.69, 9.17) is 4.74 Å². The quantitative estimate of drug-likeness (QED) is 0.564. The van der Waals surface area contributed by atoms with Crippen LogP contribution in [-0.2, 0) is 20.7 Å². The zero-order valence-corrected chi connectivity index (χ0v) is 15.2. The van der Waals surface area contributed by atoms with Gasteiger partial charge in [0.2, 0.25) is 11.8 Å². The Balaban J connectivity index is 1.42. The Morgan fingerprint density at radius 2 is 1.79 bits per heavy atom. The number of hydrogen-bond acceptors (Lipinski definition) is 5. The molecule has 0 spiro atoms. The Kier molecular flexibility index (Phi) is 6.33. The second-order valence-corrected chi connectivity index (χ2v) is 6.46. The number of fused-ring (bicyclic) bond motifs is 1. The van der Waals surface area contributed by atoms with Crippen LogP contribution < -0.4 is 10.6 Å². The molecular formula is C20H21N3O5. The van der Waals surface area contributed by atoms with Crippen LogP contribution in [-0.4, -0.2) is 29.9 Å². The van der Waals surface area contributed by atoms with Crippen molar-refractivity contribution in [2.75, 3.05) is 18.5 Å². The van der Waals surface area contributed by atoms with Crippen LogP contribution in [0.2, 0.25) is 0 Å². The van der Waals surface area contributed by atoms with Gasteiger partial charge in [0.05, 0.1) is 11.5 Å². The van der Waals surface area contributed by atoms with Gasteiger partial charge < -0.3 is 15.4 Å². The highest BCUT2D eigenvalue weighted by Gasteiger charge is 2.21. The number of non-ortho nitro benzene ring substituents is 1. The van der Waals surface area contributed by atoms with Gasteiger partial charge in [0.15, 0.2) is 0 Å². The zero-order chi connectivity index (χ0) is 19.9. The number of nitrogens with one attached hydrogen (secondary N) is 2. The number of ether oxygens (including phenoxy) is 1. The lowest BCUT2D eigenvalue weighted by atomic mass is 9.97. The van der Waals surface area contributed by atoms with Crippen LogP contribution in [0.4, 0.5) is 11.4 Å². The summed E-state index contributed by atoms with van der Waals surface area (Å²) < 4.78 is 5.74. The molecule has 0 aromatic heterocycles. The van der Waals surface area contributed by atoms with Crippen LogP contribution >= 0.6 is 0 Å². The third-order valence-corrected chi connectivity index (χ3v) is 4.52. The molecule has 8 nitrogen and oxygen atoms in total. The number of amides is 2. The first kappa shape index (κ1) is 19.5. The summed E-state index contributed by atoms with van der Waals surface area (Å²) in [6.45, 7) is 0.981. The molecule has 0 aliphatic carbocycles. The van der Waals surface area contributed by atoms with Gasteiger partial charge in [-0.15, -0.1) is 0 Å². The minimum absolute atomic E-state index is 0.0188. The average Bonchev–Trinajstić information content (AvgIpc) is 2.71. The lowest BCUT2D eigenvalue weighted by Crippen LogP contribution is -2.32. The maximum Gasteiger partial charge on any atom is 0.269 e. The molecule has 2 N–H and O–H groups in total. The summed E-state index contributed by atoms with van der Waals surface area (Å²) in [6.07, 6.45) is 0.754. The SMILES string of the molecule is O=C(CCC(=O)Nc1ccc([N+](=O)[O-])cc1)NC[C@@H]1OCCc2ccccc21. The molecule has 0 saturated carbocycles. The van der Waals surface area contributed by atoms with Gasteiger partial charge in [0, 0.05) is 37.2 Å². The standard InChI is InChI=1S/C20H21N3O5/c24-19(21-13-18-17-4-2-1-3-14(17)11-12-28-18)9-10-20(25)22-15-5-7-16(8-6-15)23(26)27/h1-8,18H,9-13H2,(H,21,24)(H,22,25)/t18-/m0/s1. The molecule has 146 valence electrons. The van der Waals surface area contributed by atoms with Crippen LogP contribution in [0.25, 0.3) is 0 Å². The maximum absolute atomic E-state index is 12.1. The molecule has 1 heterocycles. The monoisotopic (exact) mass is 383 g/mol. The number of nitrogens with zero attached hydrogens (tertiary/aromatic N) is 1. The van der Waals surface area contributed by atoms with Crippen molar-refractivity contribution in [2.45, 2.75) is 25.4 Å². The Labute approximate surface area is 162 Å². The molecule has 2 amide bonds. The van der Waals surface area contributed by atoms with Crippen molar-refractivity contribution in [3.8, 4) is 0 Å². The number of nitro benzene ring substituents is 1. The van der Waals surface area contributed by atoms with Gasteiger partial charge in [-0.3, -0.25) is 19.7 Å². The summed E-state index contributed by atoms with van der Waals surface area (Å²) in [7, 11) is 0. The van der Waals surface area contributed by atoms with E-state index in [1.165, 1.54) is 29.8 Å². The van der Waals surface area contributed by atoms with E-state index in [-0.39, 0.29) is 36.4 Å². The Hall–Kier alpha value is -3.26. The first-order valence-corrected chi connectivity index (χ1v) is 9.03. The Morgan fingerprint density at radius 1 is 1.07 bits per heavy atom. The van der Waals surface area contributed by atoms with E-state index in [2.05, 4.69) is 16.7 Å². The van der Waals surface area contributed by atoms with Crippen LogP contribution in [0.3, 0.4) is 0 Å². The lowest BCUT2D eigenvalue weighted by Gasteiger charge is -2.26. The number of benzene rings is 2. The summed E-state index contributed by atoms with van der Waals surface area (Å²) in [5.74, 6) is -0.561. The fraction of sp³-hybridized carbons (Fsp3) is 0.300. The van der Waals surface area contributed by atoms with Crippen molar-refractivity contribution in [1.82, 2.24) is 5.32 Å². The minimum atomic E-state index is -0.510. The first-order chi connectivity index (χ1) is 13.5. The molecule has 2 aromatic rings. The molecule has 1 aliphatic heterocycles. The van der Waals surface area contributed by atoms with E-state index in [1.807, 2.05) is 18.2 Å². The molecule has 2 aromatic carbocycles. The number of carbonyl (C=O) groups is 2. The van der Waals surface area contributed by atoms with E-state index < -0.39 is 4.92 Å². The first-order valence-electron chi connectivity index (χ1n) is 9.03. The van der Waals surface area contributed by atoms with E-state index in [0.29, 0.717) is 18.8 Å². The number of carbonyl (C=O) groups excluding carboxylic acids is 2. The lowest BCUT2D eigenvalue weighted by molar-refractivity contribution is -0.384. The molecule has 0 unspecified atom stereocenters. The molecule has 0 fully saturated rings. The second-order valence-electron chi connectivity index (χ2n) is 6.46. The predicted octanol–water partition coefficient (Wildman–Crippen LogP) is 2.74. The van der Waals surface area contributed by atoms with Crippen molar-refractivity contribution in [3.05, 3.63) is 69.8 Å². The molecule has 8 heteroatoms. The van der Waals surface area contributed by atoms with E-state index in [0.717, 1.165) is 12.0 Å². The summed E-state index contributed by atoms with van der Waals surface area (Å²) >= 11 is 0. The maximum atomic E-state index is 12.1. The third kappa shape index (κ3) is 5.14. The highest BCUT2D eigenvalue weighted by atomic mass is 16.6. The topological polar surface area (TPSA) is 111 Å². The van der Waals surface area contributed by atoms with Crippen molar-refractivity contribution in [2.24, 2.45) is 0 Å². The number of nitro groups is 1. The number of rotatable bonds is 7. The summed E-state index contributed by atoms with van der Waals surface area (Å²) in [5, 5.41) is 16.0. The van der Waals surface area contributed by atoms with Gasteiger partial charge in [-0.05, 0) is 29.7 Å². The molecule has 0 saturated heterocycles. The fourth-order valence-electron chi connectivity index (χ4n) is 3.06. The third-order valence-electron chi connectivity index (χ3n) is 4.52. The molecule has 0 radical (unpaired) electrons. The van der Waals surface area contributed by atoms with Crippen molar-refractivity contribution in [3.63, 3.8) is 0 Å². The summed E-state index contributed by atoms with van der Waals surface area (Å²) in [5.41, 5.74) is 2.72. The summed E-state index contributed by atoms with van der Waals surface area (Å²) in [6, 6.07) is 13.5. The Morgan fingerprint density at radius 3 is 2.54 bits per heavy atom. The second kappa shape index (κ2) is 9.09. The molecule has 0 bridgehead atoms. The van der Waals surface area contributed by atoms with Crippen LogP contribution in [0.1, 0.15) is 30.1 Å². The van der Waals surface area contributed by atoms with Crippen molar-refractivity contribution < 1.29 is 19.2 Å². The van der Waals surface area contributed by atoms with Gasteiger partial charge >= 0.3 is 0 Å². The summed E-state index contributed by atoms with van der Waals surface area (Å²) in [4.78, 5) is 34.1. The average molecular weight is 383 g/mol. The minimum Gasteiger partial charge on any atom is -0.371 e. The van der Waals surface area contributed by atoms with Gasteiger partial charge in [0.25, 0.3) is 5.69 Å². The van der Waals surface area contributed by atoms with Crippen molar-refractivity contribution in [1.29, 1.82) is 0 Å². The van der Waals surface area contributed by atoms with E-state index >= 15 is 0 Å². The molecular weight excluding hydrogens is 362 g/mol. The molecule has 1 aliphatic rings. The van der Waals surface area contributed by atoms with E-state index in [1.54, 1.807) is 0 Å². The van der Waals surface area contributed by atoms with Gasteiger partial charge in [0.1, 0.15) is 6.10 Å². The number of hydrogen-bond donors (Lipinski definition) is 2. The highest BCUT2D eigenvalue weighted by molar-refractivity contribution is 5.93. The highest BCUT2D eigenvalue weighted by Crippen LogP contribution is 2.26. The van der Waals surface area contributed by atoms with E-state index in [9.17, 15) is 19.7 Å². The predicted molar refractivity (Wildman–Crippen MR) is 103 cm³/mol. The fourth-order valence-corrected chi connectivity index (χ4v) is 3.06. The van der Waals surface area contributed by atoms with Gasteiger partial charge in [-0.25, -0.2) is 0 Å². The largest absolute Gasteiger partial charge is 0.371 e. The van der Waals surface area contributed by atoms with Crippen LogP contribution in [0.5, 0.6) is 0 Å². The molecule has 1 atom stereocenters. The molecule has 28 heavy (non-hydrogen) atoms. The van der Waals surface area contributed by atoms with Gasteiger partial charge in [-0.1, -0.05) is 24.3 Å². The van der Waals surface area contributed by atoms with Gasteiger partial charge in [-0.2, -0.15) is 0 Å². The van der Waals surface area contributed by atoms with Crippen LogP contribution in [0.15, 0.2) is 48.5 Å². The van der Waals surface area contributed by atoms with Crippen molar-refractivity contribution >= 4 is 23.2 Å². The normalized spacial score (nSPS) is 15.4. The zero-order valence-electron chi connectivity index (χ0n) is 15.2.